The predicted octanol–water partition coefficient (Wildman–Crippen LogP) is 1.04. The molecule has 4 rings (SSSR count). The molecule has 0 aromatic carbocycles. The van der Waals surface area contributed by atoms with E-state index in [1.54, 1.807) is 12.4 Å². The van der Waals surface area contributed by atoms with E-state index in [-0.39, 0.29) is 23.9 Å². The average Bonchev–Trinajstić information content (AvgIpc) is 3.40. The molecule has 2 N–H and O–H groups in total. The number of nitrogens with one attached hydrogen (secondary N) is 2. The smallest absolute Gasteiger partial charge is 0.254 e. The lowest BCUT2D eigenvalue weighted by atomic mass is 10.0. The fraction of sp³-hybridized carbons (Fsp3) is 0.389. The maximum atomic E-state index is 12.8. The monoisotopic (exact) mass is 371 g/mol. The van der Waals surface area contributed by atoms with Crippen LogP contribution in [0.15, 0.2) is 41.4 Å². The van der Waals surface area contributed by atoms with Gasteiger partial charge in [0.2, 0.25) is 5.91 Å². The Labute approximate surface area is 156 Å². The Morgan fingerprint density at radius 2 is 1.77 bits per heavy atom. The Morgan fingerprint density at radius 3 is 2.46 bits per heavy atom. The first kappa shape index (κ1) is 17.1. The van der Waals surface area contributed by atoms with Gasteiger partial charge in [-0.25, -0.2) is 10.9 Å². The number of aromatic nitrogens is 1. The summed E-state index contributed by atoms with van der Waals surface area (Å²) >= 11 is 1.52. The summed E-state index contributed by atoms with van der Waals surface area (Å²) in [7, 11) is 0. The summed E-state index contributed by atoms with van der Waals surface area (Å²) in [5.41, 5.74) is 8.17. The number of carbonyl (C=O) groups excluding carboxylic acids is 2. The molecule has 2 aromatic heterocycles. The van der Waals surface area contributed by atoms with E-state index in [4.69, 9.17) is 0 Å². The second-order valence-electron chi connectivity index (χ2n) is 6.54. The maximum Gasteiger partial charge on any atom is 0.254 e. The van der Waals surface area contributed by atoms with Crippen LogP contribution in [0.3, 0.4) is 0 Å². The standard InChI is InChI=1S/C18H21N5O2S/c24-17(14-3-10-26-12-14)22-6-8-23(9-7-22)18(25)16-11-15(20-21-16)13-1-4-19-5-2-13/h1-5,10,12,15-16,20-21H,6-9,11H2. The Balaban J connectivity index is 1.31. The van der Waals surface area contributed by atoms with Gasteiger partial charge in [-0.2, -0.15) is 11.3 Å². The molecular formula is C18H21N5O2S. The van der Waals surface area contributed by atoms with Crippen molar-refractivity contribution in [3.8, 4) is 0 Å². The number of nitrogens with zero attached hydrogens (tertiary/aromatic N) is 3. The summed E-state index contributed by atoms with van der Waals surface area (Å²) in [4.78, 5) is 32.9. The molecule has 0 radical (unpaired) electrons. The lowest BCUT2D eigenvalue weighted by Crippen LogP contribution is -2.54. The fourth-order valence-electron chi connectivity index (χ4n) is 3.45. The first-order valence-electron chi connectivity index (χ1n) is 8.73. The molecule has 0 aliphatic carbocycles. The van der Waals surface area contributed by atoms with E-state index < -0.39 is 0 Å². The van der Waals surface area contributed by atoms with Crippen molar-refractivity contribution in [2.24, 2.45) is 0 Å². The third-order valence-electron chi connectivity index (χ3n) is 4.96. The summed E-state index contributed by atoms with van der Waals surface area (Å²) in [6.45, 7) is 2.31. The van der Waals surface area contributed by atoms with Crippen LogP contribution in [0.4, 0.5) is 0 Å². The highest BCUT2D eigenvalue weighted by Crippen LogP contribution is 2.23. The number of hydrogen-bond acceptors (Lipinski definition) is 6. The Morgan fingerprint density at radius 1 is 1.04 bits per heavy atom. The maximum absolute atomic E-state index is 12.8. The third-order valence-corrected chi connectivity index (χ3v) is 5.64. The lowest BCUT2D eigenvalue weighted by molar-refractivity contribution is -0.134. The predicted molar refractivity (Wildman–Crippen MR) is 98.5 cm³/mol. The van der Waals surface area contributed by atoms with Crippen LogP contribution >= 0.6 is 11.3 Å². The molecule has 0 bridgehead atoms. The highest BCUT2D eigenvalue weighted by molar-refractivity contribution is 7.08. The molecule has 2 fully saturated rings. The topological polar surface area (TPSA) is 77.6 Å². The van der Waals surface area contributed by atoms with E-state index in [2.05, 4.69) is 15.8 Å². The zero-order valence-electron chi connectivity index (χ0n) is 14.3. The Bertz CT molecular complexity index is 759. The minimum Gasteiger partial charge on any atom is -0.338 e. The van der Waals surface area contributed by atoms with Crippen LogP contribution in [0.2, 0.25) is 0 Å². The first-order chi connectivity index (χ1) is 12.7. The third kappa shape index (κ3) is 3.48. The van der Waals surface area contributed by atoms with Crippen LogP contribution in [0.5, 0.6) is 0 Å². The van der Waals surface area contributed by atoms with Crippen molar-refractivity contribution >= 4 is 23.2 Å². The minimum absolute atomic E-state index is 0.0526. The molecule has 136 valence electrons. The molecule has 4 heterocycles. The van der Waals surface area contributed by atoms with Crippen LogP contribution in [-0.4, -0.2) is 58.8 Å². The van der Waals surface area contributed by atoms with Crippen molar-refractivity contribution in [1.29, 1.82) is 0 Å². The number of thiophene rings is 1. The number of rotatable bonds is 3. The van der Waals surface area contributed by atoms with Gasteiger partial charge in [0, 0.05) is 50.0 Å². The van der Waals surface area contributed by atoms with Crippen LogP contribution in [0, 0.1) is 0 Å². The largest absolute Gasteiger partial charge is 0.338 e. The molecule has 2 amide bonds. The van der Waals surface area contributed by atoms with Crippen molar-refractivity contribution in [3.05, 3.63) is 52.5 Å². The van der Waals surface area contributed by atoms with Gasteiger partial charge >= 0.3 is 0 Å². The molecule has 0 spiro atoms. The van der Waals surface area contributed by atoms with E-state index in [9.17, 15) is 9.59 Å². The summed E-state index contributed by atoms with van der Waals surface area (Å²) in [5.74, 6) is 0.147. The summed E-state index contributed by atoms with van der Waals surface area (Å²) < 4.78 is 0. The normalized spacial score (nSPS) is 23.2. The molecule has 7 nitrogen and oxygen atoms in total. The molecule has 2 saturated heterocycles. The second kappa shape index (κ2) is 7.53. The van der Waals surface area contributed by atoms with E-state index in [0.717, 1.165) is 11.1 Å². The molecule has 2 unspecified atom stereocenters. The lowest BCUT2D eigenvalue weighted by Gasteiger charge is -2.35. The quantitative estimate of drug-likeness (QED) is 0.843. The van der Waals surface area contributed by atoms with Gasteiger partial charge in [0.15, 0.2) is 0 Å². The van der Waals surface area contributed by atoms with E-state index in [0.29, 0.717) is 32.6 Å². The first-order valence-corrected chi connectivity index (χ1v) is 9.68. The molecule has 2 aliphatic rings. The molecule has 26 heavy (non-hydrogen) atoms. The molecule has 2 aliphatic heterocycles. The number of hydrazine groups is 1. The van der Waals surface area contributed by atoms with Gasteiger partial charge in [-0.1, -0.05) is 0 Å². The van der Waals surface area contributed by atoms with Gasteiger partial charge in [0.05, 0.1) is 5.56 Å². The van der Waals surface area contributed by atoms with E-state index >= 15 is 0 Å². The molecule has 0 saturated carbocycles. The molecule has 2 aromatic rings. The van der Waals surface area contributed by atoms with Crippen molar-refractivity contribution in [3.63, 3.8) is 0 Å². The van der Waals surface area contributed by atoms with E-state index in [1.165, 1.54) is 11.3 Å². The zero-order chi connectivity index (χ0) is 17.9. The van der Waals surface area contributed by atoms with Gasteiger partial charge in [0.1, 0.15) is 6.04 Å². The van der Waals surface area contributed by atoms with Crippen LogP contribution in [0.1, 0.15) is 28.4 Å². The summed E-state index contributed by atoms with van der Waals surface area (Å²) in [5, 5.41) is 3.78. The van der Waals surface area contributed by atoms with E-state index in [1.807, 2.05) is 38.8 Å². The highest BCUT2D eigenvalue weighted by atomic mass is 32.1. The number of carbonyl (C=O) groups is 2. The van der Waals surface area contributed by atoms with Gasteiger partial charge in [-0.15, -0.1) is 0 Å². The summed E-state index contributed by atoms with van der Waals surface area (Å²) in [6, 6.07) is 5.63. The van der Waals surface area contributed by atoms with Crippen LogP contribution < -0.4 is 10.9 Å². The number of amides is 2. The fourth-order valence-corrected chi connectivity index (χ4v) is 4.08. The van der Waals surface area contributed by atoms with Crippen molar-refractivity contribution in [1.82, 2.24) is 25.6 Å². The van der Waals surface area contributed by atoms with Crippen molar-refractivity contribution in [2.45, 2.75) is 18.5 Å². The van der Waals surface area contributed by atoms with Gasteiger partial charge in [-0.05, 0) is 35.6 Å². The number of piperazine rings is 1. The van der Waals surface area contributed by atoms with Gasteiger partial charge in [0.25, 0.3) is 5.91 Å². The highest BCUT2D eigenvalue weighted by Gasteiger charge is 2.34. The SMILES string of the molecule is O=C(c1ccsc1)N1CCN(C(=O)C2CC(c3ccncc3)NN2)CC1. The summed E-state index contributed by atoms with van der Waals surface area (Å²) in [6.07, 6.45) is 4.22. The van der Waals surface area contributed by atoms with Crippen LogP contribution in [-0.2, 0) is 4.79 Å². The molecular weight excluding hydrogens is 350 g/mol. The van der Waals surface area contributed by atoms with Gasteiger partial charge < -0.3 is 9.80 Å². The second-order valence-corrected chi connectivity index (χ2v) is 7.32. The van der Waals surface area contributed by atoms with Crippen molar-refractivity contribution < 1.29 is 9.59 Å². The average molecular weight is 371 g/mol. The molecule has 8 heteroatoms. The minimum atomic E-state index is -0.243. The zero-order valence-corrected chi connectivity index (χ0v) is 15.1. The van der Waals surface area contributed by atoms with Crippen LogP contribution in [0.25, 0.3) is 0 Å². The van der Waals surface area contributed by atoms with Gasteiger partial charge in [-0.3, -0.25) is 14.6 Å². The Kier molecular flexibility index (Phi) is 4.96. The number of hydrogen-bond donors (Lipinski definition) is 2. The Hall–Kier alpha value is -2.29. The number of pyridine rings is 1. The molecule has 2 atom stereocenters. The van der Waals surface area contributed by atoms with Crippen molar-refractivity contribution in [2.75, 3.05) is 26.2 Å².